The highest BCUT2D eigenvalue weighted by atomic mass is 16.6. The van der Waals surface area contributed by atoms with Gasteiger partial charge in [-0.1, -0.05) is 30.3 Å². The fraction of sp³-hybridized carbons (Fsp3) is 0.333. The summed E-state index contributed by atoms with van der Waals surface area (Å²) in [5, 5.41) is 0. The second kappa shape index (κ2) is 8.65. The van der Waals surface area contributed by atoms with Gasteiger partial charge in [-0.05, 0) is 35.2 Å². The van der Waals surface area contributed by atoms with Crippen LogP contribution in [0, 0.1) is 0 Å². The Morgan fingerprint density at radius 1 is 1.11 bits per heavy atom. The van der Waals surface area contributed by atoms with Crippen LogP contribution in [0.15, 0.2) is 42.5 Å². The second-order valence-corrected chi connectivity index (χ2v) is 6.58. The average Bonchev–Trinajstić information content (AvgIpc) is 2.71. The number of carbonyl (C=O) groups excluding carboxylic acids is 2. The van der Waals surface area contributed by atoms with Crippen molar-refractivity contribution >= 4 is 12.0 Å². The number of benzene rings is 2. The molecule has 0 aliphatic carbocycles. The molecule has 2 aromatic rings. The minimum atomic E-state index is -0.510. The molecule has 2 amide bonds. The molecular formula is C21H24N2O5. The van der Waals surface area contributed by atoms with Gasteiger partial charge in [0.2, 0.25) is 5.91 Å². The maximum absolute atomic E-state index is 12.7. The molecule has 2 N–H and O–H groups in total. The van der Waals surface area contributed by atoms with Crippen LogP contribution in [0.4, 0.5) is 4.79 Å². The third-order valence-corrected chi connectivity index (χ3v) is 4.84. The highest BCUT2D eigenvalue weighted by Gasteiger charge is 2.34. The van der Waals surface area contributed by atoms with Crippen molar-refractivity contribution in [2.24, 2.45) is 5.73 Å². The molecule has 0 radical (unpaired) electrons. The summed E-state index contributed by atoms with van der Waals surface area (Å²) in [4.78, 5) is 26.0. The van der Waals surface area contributed by atoms with Crippen LogP contribution < -0.4 is 15.2 Å². The number of nitrogens with zero attached hydrogens (tertiary/aromatic N) is 1. The van der Waals surface area contributed by atoms with E-state index in [9.17, 15) is 9.59 Å². The van der Waals surface area contributed by atoms with Crippen LogP contribution >= 0.6 is 0 Å². The summed E-state index contributed by atoms with van der Waals surface area (Å²) in [7, 11) is 3.11. The lowest BCUT2D eigenvalue weighted by Crippen LogP contribution is -2.42. The van der Waals surface area contributed by atoms with E-state index in [0.717, 1.165) is 16.7 Å². The third-order valence-electron chi connectivity index (χ3n) is 4.84. The Morgan fingerprint density at radius 3 is 2.43 bits per heavy atom. The minimum absolute atomic E-state index is 0.00290. The molecular weight excluding hydrogens is 360 g/mol. The van der Waals surface area contributed by atoms with Gasteiger partial charge in [-0.2, -0.15) is 0 Å². The van der Waals surface area contributed by atoms with Gasteiger partial charge in [0.25, 0.3) is 0 Å². The fourth-order valence-corrected chi connectivity index (χ4v) is 3.46. The topological polar surface area (TPSA) is 91.1 Å². The van der Waals surface area contributed by atoms with Gasteiger partial charge in [0.15, 0.2) is 11.5 Å². The molecule has 0 bridgehead atoms. The van der Waals surface area contributed by atoms with Crippen LogP contribution in [0.3, 0.4) is 0 Å². The molecule has 7 heteroatoms. The van der Waals surface area contributed by atoms with Crippen LogP contribution in [-0.2, 0) is 22.6 Å². The van der Waals surface area contributed by atoms with Gasteiger partial charge in [-0.25, -0.2) is 4.79 Å². The summed E-state index contributed by atoms with van der Waals surface area (Å²) in [6, 6.07) is 12.6. The molecule has 1 aliphatic rings. The summed E-state index contributed by atoms with van der Waals surface area (Å²) in [5.41, 5.74) is 8.17. The number of nitrogens with two attached hydrogens (primary N) is 1. The number of rotatable bonds is 6. The van der Waals surface area contributed by atoms with Crippen molar-refractivity contribution in [3.63, 3.8) is 0 Å². The molecule has 148 valence electrons. The standard InChI is InChI=1S/C21H24N2O5/c1-26-18-10-15-8-9-23(21(25)28-13-14-6-4-3-5-7-14)17(12-20(22)24)16(15)11-19(18)27-2/h3-7,10-11,17H,8-9,12-13H2,1-2H3,(H2,22,24). The molecule has 2 aromatic carbocycles. The quantitative estimate of drug-likeness (QED) is 0.827. The maximum atomic E-state index is 12.7. The highest BCUT2D eigenvalue weighted by molar-refractivity contribution is 5.77. The largest absolute Gasteiger partial charge is 0.493 e. The van der Waals surface area contributed by atoms with E-state index in [-0.39, 0.29) is 13.0 Å². The summed E-state index contributed by atoms with van der Waals surface area (Å²) in [6.45, 7) is 0.590. The first-order valence-corrected chi connectivity index (χ1v) is 9.04. The van der Waals surface area contributed by atoms with Crippen molar-refractivity contribution in [2.75, 3.05) is 20.8 Å². The molecule has 1 aliphatic heterocycles. The number of hydrogen-bond acceptors (Lipinski definition) is 5. The number of primary amides is 1. The summed E-state index contributed by atoms with van der Waals surface area (Å²) in [6.07, 6.45) is 0.143. The molecule has 0 saturated carbocycles. The number of amides is 2. The highest BCUT2D eigenvalue weighted by Crippen LogP contribution is 2.39. The fourth-order valence-electron chi connectivity index (χ4n) is 3.46. The third kappa shape index (κ3) is 4.19. The normalized spacial score (nSPS) is 15.5. The maximum Gasteiger partial charge on any atom is 0.410 e. The van der Waals surface area contributed by atoms with E-state index in [4.69, 9.17) is 19.9 Å². The number of ether oxygens (including phenoxy) is 3. The first-order chi connectivity index (χ1) is 13.5. The molecule has 1 heterocycles. The summed E-state index contributed by atoms with van der Waals surface area (Å²) < 4.78 is 16.2. The minimum Gasteiger partial charge on any atom is -0.493 e. The lowest BCUT2D eigenvalue weighted by molar-refractivity contribution is -0.119. The molecule has 1 atom stereocenters. The molecule has 7 nitrogen and oxygen atoms in total. The zero-order valence-corrected chi connectivity index (χ0v) is 16.0. The first kappa shape index (κ1) is 19.5. The Hall–Kier alpha value is -3.22. The molecule has 0 fully saturated rings. The van der Waals surface area contributed by atoms with Crippen LogP contribution in [0.5, 0.6) is 11.5 Å². The molecule has 1 unspecified atom stereocenters. The smallest absolute Gasteiger partial charge is 0.410 e. The van der Waals surface area contributed by atoms with Crippen molar-refractivity contribution in [1.29, 1.82) is 0 Å². The van der Waals surface area contributed by atoms with E-state index in [0.29, 0.717) is 24.5 Å². The monoisotopic (exact) mass is 384 g/mol. The molecule has 0 spiro atoms. The van der Waals surface area contributed by atoms with Gasteiger partial charge >= 0.3 is 6.09 Å². The van der Waals surface area contributed by atoms with E-state index in [1.807, 2.05) is 36.4 Å². The van der Waals surface area contributed by atoms with E-state index in [1.54, 1.807) is 25.2 Å². The zero-order chi connectivity index (χ0) is 20.1. The van der Waals surface area contributed by atoms with E-state index in [1.165, 1.54) is 0 Å². The Bertz CT molecular complexity index is 853. The summed E-state index contributed by atoms with van der Waals surface area (Å²) in [5.74, 6) is 0.655. The van der Waals surface area contributed by atoms with Crippen LogP contribution in [-0.4, -0.2) is 37.7 Å². The number of fused-ring (bicyclic) bond motifs is 1. The van der Waals surface area contributed by atoms with Crippen LogP contribution in [0.1, 0.15) is 29.2 Å². The Kier molecular flexibility index (Phi) is 6.03. The van der Waals surface area contributed by atoms with Gasteiger partial charge in [0.1, 0.15) is 6.61 Å². The van der Waals surface area contributed by atoms with Gasteiger partial charge < -0.3 is 24.8 Å². The van der Waals surface area contributed by atoms with E-state index in [2.05, 4.69) is 0 Å². The van der Waals surface area contributed by atoms with E-state index >= 15 is 0 Å². The van der Waals surface area contributed by atoms with Crippen molar-refractivity contribution in [1.82, 2.24) is 4.90 Å². The number of methoxy groups -OCH3 is 2. The van der Waals surface area contributed by atoms with Crippen LogP contribution in [0.2, 0.25) is 0 Å². The second-order valence-electron chi connectivity index (χ2n) is 6.58. The molecule has 3 rings (SSSR count). The Balaban J connectivity index is 1.85. The van der Waals surface area contributed by atoms with Crippen LogP contribution in [0.25, 0.3) is 0 Å². The van der Waals surface area contributed by atoms with Crippen molar-refractivity contribution < 1.29 is 23.8 Å². The van der Waals surface area contributed by atoms with Crippen molar-refractivity contribution in [3.8, 4) is 11.5 Å². The predicted octanol–water partition coefficient (Wildman–Crippen LogP) is 2.82. The van der Waals surface area contributed by atoms with Crippen molar-refractivity contribution in [2.45, 2.75) is 25.5 Å². The lowest BCUT2D eigenvalue weighted by atomic mass is 9.90. The SMILES string of the molecule is COc1cc2c(cc1OC)C(CC(N)=O)N(C(=O)OCc1ccccc1)CC2. The zero-order valence-electron chi connectivity index (χ0n) is 16.0. The lowest BCUT2D eigenvalue weighted by Gasteiger charge is -2.36. The van der Waals surface area contributed by atoms with Gasteiger partial charge in [0, 0.05) is 6.54 Å². The molecule has 28 heavy (non-hydrogen) atoms. The van der Waals surface area contributed by atoms with E-state index < -0.39 is 18.0 Å². The van der Waals surface area contributed by atoms with Gasteiger partial charge in [0.05, 0.1) is 26.7 Å². The predicted molar refractivity (Wildman–Crippen MR) is 103 cm³/mol. The van der Waals surface area contributed by atoms with Gasteiger partial charge in [-0.3, -0.25) is 4.79 Å². The number of hydrogen-bond donors (Lipinski definition) is 1. The number of carbonyl (C=O) groups is 2. The molecule has 0 aromatic heterocycles. The Morgan fingerprint density at radius 2 is 1.79 bits per heavy atom. The summed E-state index contributed by atoms with van der Waals surface area (Å²) >= 11 is 0. The average molecular weight is 384 g/mol. The first-order valence-electron chi connectivity index (χ1n) is 9.04. The van der Waals surface area contributed by atoms with Gasteiger partial charge in [-0.15, -0.1) is 0 Å². The van der Waals surface area contributed by atoms with Crippen molar-refractivity contribution in [3.05, 3.63) is 59.2 Å². The molecule has 0 saturated heterocycles. The Labute approximate surface area is 164 Å².